The summed E-state index contributed by atoms with van der Waals surface area (Å²) in [5.41, 5.74) is 1.88. The van der Waals surface area contributed by atoms with E-state index in [2.05, 4.69) is 5.92 Å². The molecule has 29 heavy (non-hydrogen) atoms. The normalized spacial score (nSPS) is 19.3. The minimum atomic E-state index is -0.754. The Hall–Kier alpha value is -2.01. The quantitative estimate of drug-likeness (QED) is 0.331. The Balaban J connectivity index is 1.63. The molecule has 154 valence electrons. The molecule has 0 aliphatic carbocycles. The Kier molecular flexibility index (Phi) is 7.59. The van der Waals surface area contributed by atoms with E-state index in [1.807, 2.05) is 28.6 Å². The molecule has 1 aromatic carbocycles. The van der Waals surface area contributed by atoms with Crippen molar-refractivity contribution in [2.24, 2.45) is 0 Å². The van der Waals surface area contributed by atoms with Gasteiger partial charge in [0.25, 0.3) is 0 Å². The van der Waals surface area contributed by atoms with E-state index in [1.165, 1.54) is 18.0 Å². The molecule has 1 aromatic rings. The highest BCUT2D eigenvalue weighted by atomic mass is 35.5. The summed E-state index contributed by atoms with van der Waals surface area (Å²) in [7, 11) is 0. The van der Waals surface area contributed by atoms with Crippen molar-refractivity contribution in [1.29, 1.82) is 0 Å². The number of carbonyl (C=O) groups is 1. The molecule has 2 heterocycles. The molecule has 3 rings (SSSR count). The maximum absolute atomic E-state index is 13.7. The summed E-state index contributed by atoms with van der Waals surface area (Å²) in [6.45, 7) is 0.824. The van der Waals surface area contributed by atoms with Gasteiger partial charge in [-0.15, -0.1) is 6.42 Å². The van der Waals surface area contributed by atoms with Crippen molar-refractivity contribution in [3.05, 3.63) is 51.7 Å². The van der Waals surface area contributed by atoms with Crippen LogP contribution in [-0.4, -0.2) is 36.2 Å². The monoisotopic (exact) mass is 438 g/mol. The molecule has 0 N–H and O–H groups in total. The van der Waals surface area contributed by atoms with Crippen molar-refractivity contribution in [3.8, 4) is 12.3 Å². The minimum Gasteiger partial charge on any atom is -0.444 e. The van der Waals surface area contributed by atoms with Gasteiger partial charge >= 0.3 is 6.09 Å². The molecule has 2 aliphatic heterocycles. The molecule has 4 nitrogen and oxygen atoms in total. The van der Waals surface area contributed by atoms with Gasteiger partial charge in [0, 0.05) is 29.6 Å². The fourth-order valence-corrected chi connectivity index (χ4v) is 4.57. The third-order valence-electron chi connectivity index (χ3n) is 4.77. The molecule has 1 fully saturated rings. The number of ether oxygens (including phenoxy) is 1. The van der Waals surface area contributed by atoms with Gasteiger partial charge in [0.15, 0.2) is 0 Å². The predicted molar refractivity (Wildman–Crippen MR) is 113 cm³/mol. The topological polar surface area (TPSA) is 32.8 Å². The highest BCUT2D eigenvalue weighted by Crippen LogP contribution is 2.34. The van der Waals surface area contributed by atoms with Crippen LogP contribution in [0.15, 0.2) is 46.1 Å². The predicted octanol–water partition coefficient (Wildman–Crippen LogP) is 5.55. The van der Waals surface area contributed by atoms with E-state index in [-0.39, 0.29) is 30.2 Å². The second-order valence-electron chi connectivity index (χ2n) is 6.68. The minimum absolute atomic E-state index is 0.00941. The average molecular weight is 439 g/mol. The number of hydrogen-bond donors (Lipinski definition) is 0. The van der Waals surface area contributed by atoms with Crippen molar-refractivity contribution >= 4 is 35.3 Å². The number of para-hydroxylation sites is 1. The fraction of sp³-hybridized carbons (Fsp3) is 0.381. The van der Waals surface area contributed by atoms with Crippen molar-refractivity contribution < 1.29 is 18.3 Å². The number of alkyl halides is 1. The summed E-state index contributed by atoms with van der Waals surface area (Å²) < 4.78 is 34.3. The van der Waals surface area contributed by atoms with Crippen molar-refractivity contribution in [2.45, 2.75) is 31.9 Å². The summed E-state index contributed by atoms with van der Waals surface area (Å²) in [5, 5.41) is -0.175. The maximum atomic E-state index is 13.7. The summed E-state index contributed by atoms with van der Waals surface area (Å²) in [4.78, 5) is 14.4. The van der Waals surface area contributed by atoms with Gasteiger partial charge in [0.1, 0.15) is 19.1 Å². The summed E-state index contributed by atoms with van der Waals surface area (Å²) in [5.74, 6) is 1.52. The van der Waals surface area contributed by atoms with Crippen LogP contribution in [0, 0.1) is 12.3 Å². The van der Waals surface area contributed by atoms with Gasteiger partial charge in [-0.2, -0.15) is 0 Å². The molecule has 2 aliphatic rings. The number of piperidine rings is 1. The van der Waals surface area contributed by atoms with Crippen LogP contribution in [0.1, 0.15) is 24.8 Å². The first-order chi connectivity index (χ1) is 14.0. The van der Waals surface area contributed by atoms with Crippen LogP contribution < -0.4 is 4.90 Å². The lowest BCUT2D eigenvalue weighted by molar-refractivity contribution is 0.136. The molecular formula is C21H21ClF2N2O2S. The first-order valence-electron chi connectivity index (χ1n) is 9.24. The van der Waals surface area contributed by atoms with Crippen molar-refractivity contribution in [1.82, 2.24) is 4.31 Å². The Morgan fingerprint density at radius 1 is 1.38 bits per heavy atom. The fourth-order valence-electron chi connectivity index (χ4n) is 3.36. The molecular weight excluding hydrogens is 418 g/mol. The molecule has 0 aromatic heterocycles. The number of carbonyl (C=O) groups excluding carboxylic acids is 1. The number of terminal acetylenes is 1. The molecule has 8 heteroatoms. The number of amides is 1. The standard InChI is InChI=1S/C21H21ClF2N2O2S/c1-2-5-19(24)18(22)12-17(13-23)29-25-10-8-16(9-11-25)26-20-7-4-3-6-15(20)14-28-21(26)27/h1,3-4,6-7,12,16H,5,8-11,13-14H2/b17-12+,19-18-. The van der Waals surface area contributed by atoms with Gasteiger partial charge in [0.2, 0.25) is 0 Å². The lowest BCUT2D eigenvalue weighted by Gasteiger charge is -2.39. The zero-order valence-electron chi connectivity index (χ0n) is 15.7. The summed E-state index contributed by atoms with van der Waals surface area (Å²) in [6.07, 6.45) is 7.22. The van der Waals surface area contributed by atoms with E-state index in [0.717, 1.165) is 11.3 Å². The third-order valence-corrected chi connectivity index (χ3v) is 6.17. The van der Waals surface area contributed by atoms with Crippen LogP contribution in [0.2, 0.25) is 0 Å². The van der Waals surface area contributed by atoms with Crippen molar-refractivity contribution in [3.63, 3.8) is 0 Å². The first kappa shape index (κ1) is 21.7. The van der Waals surface area contributed by atoms with Gasteiger partial charge in [0.05, 0.1) is 17.1 Å². The van der Waals surface area contributed by atoms with Crippen molar-refractivity contribution in [2.75, 3.05) is 24.7 Å². The SMILES string of the molecule is C#CC/C(F)=C(Cl)\C=C(/CF)SN1CCC(N2C(=O)OCc3ccccc32)CC1. The first-order valence-corrected chi connectivity index (χ1v) is 10.4. The lowest BCUT2D eigenvalue weighted by atomic mass is 10.0. The van der Waals surface area contributed by atoms with Crippen LogP contribution in [0.25, 0.3) is 0 Å². The number of nitrogens with zero attached hydrogens (tertiary/aromatic N) is 2. The van der Waals surface area contributed by atoms with Crippen LogP contribution in [-0.2, 0) is 11.3 Å². The van der Waals surface area contributed by atoms with Gasteiger partial charge in [-0.1, -0.05) is 35.7 Å². The third kappa shape index (κ3) is 5.33. The highest BCUT2D eigenvalue weighted by molar-refractivity contribution is 8.00. The number of allylic oxidation sites excluding steroid dienone is 4. The molecule has 0 atom stereocenters. The Morgan fingerprint density at radius 2 is 2.10 bits per heavy atom. The molecule has 0 bridgehead atoms. The number of cyclic esters (lactones) is 1. The zero-order chi connectivity index (χ0) is 20.8. The van der Waals surface area contributed by atoms with Gasteiger partial charge in [-0.3, -0.25) is 4.90 Å². The molecule has 1 saturated heterocycles. The highest BCUT2D eigenvalue weighted by Gasteiger charge is 2.34. The van der Waals surface area contributed by atoms with Gasteiger partial charge < -0.3 is 4.74 Å². The van der Waals surface area contributed by atoms with E-state index < -0.39 is 12.5 Å². The van der Waals surface area contributed by atoms with E-state index >= 15 is 0 Å². The summed E-state index contributed by atoms with van der Waals surface area (Å²) >= 11 is 7.08. The second kappa shape index (κ2) is 10.1. The van der Waals surface area contributed by atoms with E-state index in [9.17, 15) is 13.6 Å². The number of halogens is 3. The van der Waals surface area contributed by atoms with Gasteiger partial charge in [-0.05, 0) is 36.9 Å². The van der Waals surface area contributed by atoms with Crippen LogP contribution in [0.3, 0.4) is 0 Å². The zero-order valence-corrected chi connectivity index (χ0v) is 17.3. The smallest absolute Gasteiger partial charge is 0.414 e. The van der Waals surface area contributed by atoms with Crippen LogP contribution >= 0.6 is 23.5 Å². The summed E-state index contributed by atoms with van der Waals surface area (Å²) in [6, 6.07) is 7.72. The number of rotatable bonds is 6. The van der Waals surface area contributed by atoms with Crippen LogP contribution in [0.5, 0.6) is 0 Å². The van der Waals surface area contributed by atoms with Gasteiger partial charge in [-0.25, -0.2) is 17.9 Å². The largest absolute Gasteiger partial charge is 0.444 e. The van der Waals surface area contributed by atoms with E-state index in [0.29, 0.717) is 30.8 Å². The molecule has 0 saturated carbocycles. The maximum Gasteiger partial charge on any atom is 0.414 e. The lowest BCUT2D eigenvalue weighted by Crippen LogP contribution is -2.48. The number of benzene rings is 1. The molecule has 0 radical (unpaired) electrons. The van der Waals surface area contributed by atoms with E-state index in [1.54, 1.807) is 4.90 Å². The van der Waals surface area contributed by atoms with Crippen LogP contribution in [0.4, 0.5) is 19.3 Å². The number of fused-ring (bicyclic) bond motifs is 1. The Bertz CT molecular complexity index is 860. The Morgan fingerprint density at radius 3 is 2.79 bits per heavy atom. The Labute approximate surface area is 178 Å². The average Bonchev–Trinajstić information content (AvgIpc) is 2.74. The second-order valence-corrected chi connectivity index (χ2v) is 8.31. The molecule has 0 spiro atoms. The number of anilines is 1. The molecule has 1 amide bonds. The van der Waals surface area contributed by atoms with E-state index in [4.69, 9.17) is 22.8 Å². The molecule has 0 unspecified atom stereocenters. The number of hydrogen-bond acceptors (Lipinski definition) is 4.